The van der Waals surface area contributed by atoms with Crippen LogP contribution in [0.3, 0.4) is 0 Å². The summed E-state index contributed by atoms with van der Waals surface area (Å²) in [7, 11) is -2.99. The van der Waals surface area contributed by atoms with E-state index in [0.29, 0.717) is 0 Å². The van der Waals surface area contributed by atoms with Crippen LogP contribution in [0.25, 0.3) is 21.8 Å². The molecule has 1 aromatic heterocycles. The molecule has 4 N–H and O–H groups in total. The first-order valence-corrected chi connectivity index (χ1v) is 22.5. The van der Waals surface area contributed by atoms with Crippen molar-refractivity contribution in [2.45, 2.75) is 75.6 Å². The van der Waals surface area contributed by atoms with Crippen molar-refractivity contribution < 1.29 is 28.9 Å². The molecule has 6 aromatic rings. The molecule has 10 nitrogen and oxygen atoms in total. The number of hydrogen-bond acceptors (Lipinski definition) is 8. The van der Waals surface area contributed by atoms with Gasteiger partial charge >= 0.3 is 349 Å². The van der Waals surface area contributed by atoms with E-state index in [2.05, 4.69) is 11.4 Å². The molecule has 2 unspecified atom stereocenters. The average molecular weight is 817 g/mol. The molecule has 0 radical (unpaired) electrons. The molecule has 1 amide bonds. The Balaban J connectivity index is 1.50. The number of aromatic nitrogens is 1. The fraction of sp³-hybridized carbons (Fsp3) is 0.333. The van der Waals surface area contributed by atoms with Gasteiger partial charge in [-0.25, -0.2) is 0 Å². The van der Waals surface area contributed by atoms with Crippen LogP contribution >= 0.6 is 7.28 Å². The summed E-state index contributed by atoms with van der Waals surface area (Å²) in [5, 5.41) is 15.5. The second kappa shape index (κ2) is 17.7. The second-order valence-corrected chi connectivity index (χ2v) is 19.5. The standard InChI is InChI=1S/C48H57N4O6P/c1-35(2)52(36(3)4)40(31-49)34-59(54,55,56)41(32-50-46(53)33-51-44-28-18-16-26-42(44)43-27-17-19-29-45(43)51)30-47(57-5,58-6)48(37-20-10-7-11-21-37,38-22-12-8-13-23-38)39-24-14-9-15-25-39/h7-29,35-36,40-41,54-56H,30,32-34H2,1-6H3,(H,50,53). The van der Waals surface area contributed by atoms with Gasteiger partial charge in [0.25, 0.3) is 0 Å². The molecular formula is C48H57N4O6P. The topological polar surface area (TPSA) is 140 Å². The molecule has 0 aliphatic carbocycles. The van der Waals surface area contributed by atoms with E-state index in [1.807, 2.05) is 177 Å². The zero-order valence-corrected chi connectivity index (χ0v) is 35.7. The van der Waals surface area contributed by atoms with E-state index in [-0.39, 0.29) is 31.6 Å². The molecule has 0 spiro atoms. The van der Waals surface area contributed by atoms with Gasteiger partial charge in [-0.2, -0.15) is 0 Å². The summed E-state index contributed by atoms with van der Waals surface area (Å²) in [4.78, 5) is 53.9. The summed E-state index contributed by atoms with van der Waals surface area (Å²) in [6.07, 6.45) is -0.985. The molecule has 310 valence electrons. The van der Waals surface area contributed by atoms with Crippen molar-refractivity contribution >= 4 is 35.0 Å². The van der Waals surface area contributed by atoms with E-state index in [9.17, 15) is 24.7 Å². The molecule has 0 aliphatic rings. The van der Waals surface area contributed by atoms with Crippen LogP contribution in [0.15, 0.2) is 140 Å². The van der Waals surface area contributed by atoms with Crippen LogP contribution in [-0.4, -0.2) is 86.6 Å². The third-order valence-corrected chi connectivity index (χ3v) is 14.8. The van der Waals surface area contributed by atoms with Gasteiger partial charge in [0.1, 0.15) is 0 Å². The number of rotatable bonds is 18. The van der Waals surface area contributed by atoms with Crippen molar-refractivity contribution in [3.63, 3.8) is 0 Å². The van der Waals surface area contributed by atoms with E-state index in [1.54, 1.807) is 0 Å². The number of carbonyl (C=O) groups is 1. The fourth-order valence-electron chi connectivity index (χ4n) is 9.29. The molecule has 0 aliphatic heterocycles. The Hall–Kier alpha value is -4.95. The molecule has 0 bridgehead atoms. The first-order valence-electron chi connectivity index (χ1n) is 20.1. The van der Waals surface area contributed by atoms with Gasteiger partial charge in [0.05, 0.1) is 0 Å². The Morgan fingerprint density at radius 1 is 0.712 bits per heavy atom. The zero-order valence-electron chi connectivity index (χ0n) is 34.8. The van der Waals surface area contributed by atoms with Crippen LogP contribution in [0.1, 0.15) is 50.8 Å². The van der Waals surface area contributed by atoms with Crippen molar-refractivity contribution in [3.8, 4) is 6.07 Å². The van der Waals surface area contributed by atoms with Gasteiger partial charge < -0.3 is 0 Å². The molecule has 6 rings (SSSR count). The first kappa shape index (κ1) is 43.6. The van der Waals surface area contributed by atoms with E-state index in [1.165, 1.54) is 14.2 Å². The molecule has 1 heterocycles. The summed E-state index contributed by atoms with van der Waals surface area (Å²) in [5.74, 6) is -2.16. The van der Waals surface area contributed by atoms with Gasteiger partial charge in [-0.15, -0.1) is 0 Å². The first-order chi connectivity index (χ1) is 28.2. The van der Waals surface area contributed by atoms with Crippen LogP contribution in [0, 0.1) is 11.3 Å². The van der Waals surface area contributed by atoms with Crippen LogP contribution < -0.4 is 5.32 Å². The number of nitrogens with zero attached hydrogens (tertiary/aromatic N) is 3. The van der Waals surface area contributed by atoms with Crippen molar-refractivity contribution in [2.24, 2.45) is 0 Å². The number of benzene rings is 5. The van der Waals surface area contributed by atoms with Crippen LogP contribution in [0.4, 0.5) is 0 Å². The van der Waals surface area contributed by atoms with Gasteiger partial charge in [0.15, 0.2) is 0 Å². The number of para-hydroxylation sites is 2. The van der Waals surface area contributed by atoms with Gasteiger partial charge in [-0.1, -0.05) is 0 Å². The third kappa shape index (κ3) is 8.43. The minimum atomic E-state index is -5.99. The number of nitriles is 1. The van der Waals surface area contributed by atoms with Crippen molar-refractivity contribution in [1.29, 1.82) is 5.26 Å². The Labute approximate surface area is 347 Å². The Morgan fingerprint density at radius 2 is 1.12 bits per heavy atom. The van der Waals surface area contributed by atoms with E-state index >= 15 is 0 Å². The Kier molecular flexibility index (Phi) is 13.1. The third-order valence-electron chi connectivity index (χ3n) is 11.8. The fourth-order valence-corrected chi connectivity index (χ4v) is 11.6. The van der Waals surface area contributed by atoms with Gasteiger partial charge in [0, 0.05) is 0 Å². The summed E-state index contributed by atoms with van der Waals surface area (Å²) >= 11 is 0. The number of hydrogen-bond donors (Lipinski definition) is 4. The van der Waals surface area contributed by atoms with Gasteiger partial charge in [-0.05, 0) is 0 Å². The van der Waals surface area contributed by atoms with E-state index < -0.39 is 42.3 Å². The predicted molar refractivity (Wildman–Crippen MR) is 237 cm³/mol. The monoisotopic (exact) mass is 816 g/mol. The minimum absolute atomic E-state index is 0.0734. The van der Waals surface area contributed by atoms with Crippen molar-refractivity contribution in [3.05, 3.63) is 156 Å². The Bertz CT molecular complexity index is 2210. The molecule has 0 fully saturated rings. The molecule has 11 heteroatoms. The number of carbonyl (C=O) groups excluding carboxylic acids is 1. The maximum absolute atomic E-state index is 14.2. The number of amides is 1. The summed E-state index contributed by atoms with van der Waals surface area (Å²) in [6, 6.07) is 45.7. The molecule has 2 atom stereocenters. The van der Waals surface area contributed by atoms with Crippen molar-refractivity contribution in [1.82, 2.24) is 14.8 Å². The average Bonchev–Trinajstić information content (AvgIpc) is 3.55. The number of ether oxygens (including phenoxy) is 2. The SMILES string of the molecule is COC(CC(CNC(=O)Cn1c2ccccc2c2ccccc21)P(O)(O)(O)CC(C#N)N(C(C)C)C(C)C)(OC)C(c1ccccc1)(c1ccccc1)c1ccccc1. The van der Waals surface area contributed by atoms with E-state index in [4.69, 9.17) is 9.47 Å². The molecule has 0 saturated heterocycles. The normalized spacial score (nSPS) is 14.3. The number of fused-ring (bicyclic) bond motifs is 3. The number of nitrogens with one attached hydrogen (secondary N) is 1. The molecule has 0 saturated carbocycles. The summed E-state index contributed by atoms with van der Waals surface area (Å²) in [6.45, 7) is 7.25. The van der Waals surface area contributed by atoms with Crippen LogP contribution in [0.2, 0.25) is 0 Å². The van der Waals surface area contributed by atoms with E-state index in [0.717, 1.165) is 38.5 Å². The van der Waals surface area contributed by atoms with Crippen molar-refractivity contribution in [2.75, 3.05) is 26.9 Å². The predicted octanol–water partition coefficient (Wildman–Crippen LogP) is 7.98. The molecule has 5 aromatic carbocycles. The summed E-state index contributed by atoms with van der Waals surface area (Å²) < 4.78 is 15.1. The molecular weight excluding hydrogens is 760 g/mol. The Morgan fingerprint density at radius 3 is 1.51 bits per heavy atom. The van der Waals surface area contributed by atoms with Crippen LogP contribution in [0.5, 0.6) is 0 Å². The van der Waals surface area contributed by atoms with Gasteiger partial charge in [-0.3, -0.25) is 0 Å². The maximum atomic E-state index is 14.2. The second-order valence-electron chi connectivity index (χ2n) is 16.0. The van der Waals surface area contributed by atoms with Gasteiger partial charge in [0.2, 0.25) is 0 Å². The summed E-state index contributed by atoms with van der Waals surface area (Å²) in [5.41, 5.74) is 1.35. The quantitative estimate of drug-likeness (QED) is 0.0389. The molecule has 59 heavy (non-hydrogen) atoms. The zero-order chi connectivity index (χ0) is 42.5. The number of methoxy groups -OCH3 is 2. The van der Waals surface area contributed by atoms with Crippen LogP contribution in [-0.2, 0) is 26.2 Å².